The van der Waals surface area contributed by atoms with Crippen LogP contribution in [0.5, 0.6) is 0 Å². The fourth-order valence-electron chi connectivity index (χ4n) is 1.34. The Balaban J connectivity index is 3.63. The lowest BCUT2D eigenvalue weighted by atomic mass is 10.1. The van der Waals surface area contributed by atoms with E-state index < -0.39 is 15.8 Å². The van der Waals surface area contributed by atoms with Crippen LogP contribution < -0.4 is 0 Å². The maximum Gasteiger partial charge on any atom is 0.339 e. The molecule has 1 N–H and O–H groups in total. The molecule has 18 heavy (non-hydrogen) atoms. The van der Waals surface area contributed by atoms with Crippen molar-refractivity contribution in [2.24, 2.45) is 5.16 Å². The second-order valence-corrected chi connectivity index (χ2v) is 5.71. The molecule has 0 bridgehead atoms. The molecule has 98 valence electrons. The van der Waals surface area contributed by atoms with Gasteiger partial charge in [0.2, 0.25) is 0 Å². The number of methoxy groups -OCH3 is 1. The molecular weight excluding hydrogens is 282 g/mol. The molecule has 0 saturated heterocycles. The molecule has 0 amide bonds. The molecule has 0 aliphatic rings. The number of benzene rings is 1. The van der Waals surface area contributed by atoms with Gasteiger partial charge in [-0.25, -0.2) is 13.2 Å². The Morgan fingerprint density at radius 3 is 2.56 bits per heavy atom. The fraction of sp³-hybridized carbons (Fsp3) is 0.200. The number of esters is 1. The first-order valence-corrected chi connectivity index (χ1v) is 6.88. The van der Waals surface area contributed by atoms with Crippen LogP contribution >= 0.6 is 11.6 Å². The van der Waals surface area contributed by atoms with Crippen LogP contribution in [-0.2, 0) is 14.6 Å². The summed E-state index contributed by atoms with van der Waals surface area (Å²) in [6.45, 7) is 0. The fourth-order valence-corrected chi connectivity index (χ4v) is 2.56. The van der Waals surface area contributed by atoms with E-state index in [1.807, 2.05) is 0 Å². The van der Waals surface area contributed by atoms with Crippen molar-refractivity contribution in [3.63, 3.8) is 0 Å². The Morgan fingerprint density at radius 2 is 2.11 bits per heavy atom. The molecule has 0 atom stereocenters. The maximum absolute atomic E-state index is 11.5. The molecule has 0 fully saturated rings. The van der Waals surface area contributed by atoms with Gasteiger partial charge in [-0.2, -0.15) is 0 Å². The number of carbonyl (C=O) groups is 1. The highest BCUT2D eigenvalue weighted by molar-refractivity contribution is 7.90. The number of halogens is 1. The molecule has 1 rings (SSSR count). The van der Waals surface area contributed by atoms with Gasteiger partial charge in [-0.1, -0.05) is 16.8 Å². The van der Waals surface area contributed by atoms with Crippen molar-refractivity contribution < 1.29 is 23.2 Å². The van der Waals surface area contributed by atoms with Gasteiger partial charge in [-0.3, -0.25) is 0 Å². The molecule has 0 unspecified atom stereocenters. The molecule has 0 aliphatic carbocycles. The third kappa shape index (κ3) is 2.80. The van der Waals surface area contributed by atoms with Crippen LogP contribution in [0.1, 0.15) is 15.9 Å². The molecule has 0 aliphatic heterocycles. The quantitative estimate of drug-likeness (QED) is 0.392. The van der Waals surface area contributed by atoms with E-state index >= 15 is 0 Å². The second kappa shape index (κ2) is 5.36. The molecule has 0 heterocycles. The summed E-state index contributed by atoms with van der Waals surface area (Å²) in [6.07, 6.45) is 1.83. The van der Waals surface area contributed by atoms with Crippen LogP contribution in [0.15, 0.2) is 22.2 Å². The number of carbonyl (C=O) groups excluding carboxylic acids is 1. The zero-order valence-corrected chi connectivity index (χ0v) is 11.1. The highest BCUT2D eigenvalue weighted by Gasteiger charge is 2.21. The summed E-state index contributed by atoms with van der Waals surface area (Å²) in [7, 11) is -2.40. The van der Waals surface area contributed by atoms with Gasteiger partial charge in [0.25, 0.3) is 0 Å². The number of oxime groups is 1. The molecule has 6 nitrogen and oxygen atoms in total. The van der Waals surface area contributed by atoms with Gasteiger partial charge in [-0.15, -0.1) is 0 Å². The summed E-state index contributed by atoms with van der Waals surface area (Å²) in [4.78, 5) is 11.2. The second-order valence-electron chi connectivity index (χ2n) is 3.35. The number of rotatable bonds is 3. The van der Waals surface area contributed by atoms with Crippen molar-refractivity contribution in [1.82, 2.24) is 0 Å². The highest BCUT2D eigenvalue weighted by Crippen LogP contribution is 2.27. The minimum Gasteiger partial charge on any atom is -0.465 e. The van der Waals surface area contributed by atoms with Crippen LogP contribution in [0, 0.1) is 0 Å². The van der Waals surface area contributed by atoms with Crippen LogP contribution in [0.2, 0.25) is 5.02 Å². The van der Waals surface area contributed by atoms with Gasteiger partial charge in [-0.05, 0) is 12.1 Å². The van der Waals surface area contributed by atoms with Crippen molar-refractivity contribution in [3.05, 3.63) is 28.3 Å². The van der Waals surface area contributed by atoms with Crippen molar-refractivity contribution in [2.75, 3.05) is 13.4 Å². The van der Waals surface area contributed by atoms with Crippen LogP contribution in [0.3, 0.4) is 0 Å². The third-order valence-corrected chi connectivity index (χ3v) is 3.69. The van der Waals surface area contributed by atoms with E-state index in [1.165, 1.54) is 19.2 Å². The van der Waals surface area contributed by atoms with Gasteiger partial charge in [0.15, 0.2) is 9.84 Å². The van der Waals surface area contributed by atoms with E-state index in [-0.39, 0.29) is 21.0 Å². The van der Waals surface area contributed by atoms with Gasteiger partial charge < -0.3 is 9.94 Å². The molecule has 1 aromatic rings. The Morgan fingerprint density at radius 1 is 1.50 bits per heavy atom. The van der Waals surface area contributed by atoms with E-state index in [9.17, 15) is 13.2 Å². The lowest BCUT2D eigenvalue weighted by Gasteiger charge is -2.09. The maximum atomic E-state index is 11.5. The van der Waals surface area contributed by atoms with Crippen molar-refractivity contribution in [2.45, 2.75) is 4.90 Å². The summed E-state index contributed by atoms with van der Waals surface area (Å²) in [5.41, 5.74) is -0.0777. The van der Waals surface area contributed by atoms with E-state index in [0.29, 0.717) is 0 Å². The average molecular weight is 292 g/mol. The molecule has 8 heteroatoms. The molecule has 1 aromatic carbocycles. The van der Waals surface area contributed by atoms with Crippen molar-refractivity contribution in [3.8, 4) is 0 Å². The Hall–Kier alpha value is -1.60. The third-order valence-electron chi connectivity index (χ3n) is 2.13. The minimum absolute atomic E-state index is 0.0125. The van der Waals surface area contributed by atoms with Crippen molar-refractivity contribution in [1.29, 1.82) is 0 Å². The Bertz CT molecular complexity index is 609. The smallest absolute Gasteiger partial charge is 0.339 e. The average Bonchev–Trinajstić information content (AvgIpc) is 2.29. The summed E-state index contributed by atoms with van der Waals surface area (Å²) < 4.78 is 27.5. The van der Waals surface area contributed by atoms with E-state index in [0.717, 1.165) is 12.5 Å². The van der Waals surface area contributed by atoms with E-state index in [2.05, 4.69) is 9.89 Å². The zero-order chi connectivity index (χ0) is 13.9. The van der Waals surface area contributed by atoms with E-state index in [1.54, 1.807) is 0 Å². The summed E-state index contributed by atoms with van der Waals surface area (Å²) in [5, 5.41) is 11.1. The summed E-state index contributed by atoms with van der Waals surface area (Å²) in [6, 6.07) is 2.43. The first kappa shape index (κ1) is 14.5. The lowest BCUT2D eigenvalue weighted by molar-refractivity contribution is 0.0601. The predicted molar refractivity (Wildman–Crippen MR) is 65.3 cm³/mol. The van der Waals surface area contributed by atoms with Gasteiger partial charge in [0, 0.05) is 11.8 Å². The number of hydrogen-bond donors (Lipinski definition) is 1. The van der Waals surface area contributed by atoms with Crippen LogP contribution in [-0.4, -0.2) is 39.2 Å². The first-order valence-electron chi connectivity index (χ1n) is 4.61. The normalized spacial score (nSPS) is 11.7. The monoisotopic (exact) mass is 291 g/mol. The molecule has 0 radical (unpaired) electrons. The first-order chi connectivity index (χ1) is 8.32. The highest BCUT2D eigenvalue weighted by atomic mass is 35.5. The SMILES string of the molecule is COC(=O)c1ccc(S(C)(=O)=O)c(C=NO)c1Cl. The van der Waals surface area contributed by atoms with Crippen LogP contribution in [0.25, 0.3) is 0 Å². The number of nitrogens with zero attached hydrogens (tertiary/aromatic N) is 1. The lowest BCUT2D eigenvalue weighted by Crippen LogP contribution is -2.08. The molecule has 0 aromatic heterocycles. The van der Waals surface area contributed by atoms with E-state index in [4.69, 9.17) is 16.8 Å². The summed E-state index contributed by atoms with van der Waals surface area (Å²) in [5.74, 6) is -0.715. The predicted octanol–water partition coefficient (Wildman–Crippen LogP) is 1.34. The minimum atomic E-state index is -3.57. The van der Waals surface area contributed by atoms with Crippen LogP contribution in [0.4, 0.5) is 0 Å². The molecular formula is C10H10ClNO5S. The number of ether oxygens (including phenoxy) is 1. The standard InChI is InChI=1S/C10H10ClNO5S/c1-17-10(13)6-3-4-8(18(2,15)16)7(5-12-14)9(6)11/h3-5,14H,1-2H3. The van der Waals surface area contributed by atoms with Gasteiger partial charge in [0.05, 0.1) is 28.8 Å². The topological polar surface area (TPSA) is 93.0 Å². The van der Waals surface area contributed by atoms with Gasteiger partial charge >= 0.3 is 5.97 Å². The Kier molecular flexibility index (Phi) is 4.31. The largest absolute Gasteiger partial charge is 0.465 e. The zero-order valence-electron chi connectivity index (χ0n) is 9.55. The molecule has 0 saturated carbocycles. The number of sulfone groups is 1. The summed E-state index contributed by atoms with van der Waals surface area (Å²) >= 11 is 5.90. The van der Waals surface area contributed by atoms with Crippen molar-refractivity contribution >= 4 is 33.6 Å². The molecule has 0 spiro atoms. The Labute approximate surface area is 109 Å². The van der Waals surface area contributed by atoms with Gasteiger partial charge in [0.1, 0.15) is 0 Å². The number of hydrogen-bond acceptors (Lipinski definition) is 6.